The smallest absolute Gasteiger partial charge is 0.0261 e. The van der Waals surface area contributed by atoms with Crippen LogP contribution in [-0.4, -0.2) is 0 Å². The van der Waals surface area contributed by atoms with Gasteiger partial charge in [-0.3, -0.25) is 0 Å². The molecule has 18 heavy (non-hydrogen) atoms. The average molecular weight is 392 g/mol. The molecular formula is C2H3BrO12P3-9. The summed E-state index contributed by atoms with van der Waals surface area (Å²) in [4.78, 5) is 78.5. The van der Waals surface area contributed by atoms with Crippen LogP contribution in [0.25, 0.3) is 0 Å². The van der Waals surface area contributed by atoms with E-state index in [0.29, 0.717) is 0 Å². The van der Waals surface area contributed by atoms with Gasteiger partial charge in [0.1, 0.15) is 0 Å². The molecule has 0 heterocycles. The Morgan fingerprint density at radius 1 is 0.667 bits per heavy atom. The second-order valence-electron chi connectivity index (χ2n) is 1.50. The van der Waals surface area contributed by atoms with Gasteiger partial charge in [0.05, 0.1) is 0 Å². The first-order valence-corrected chi connectivity index (χ1v) is 8.11. The van der Waals surface area contributed by atoms with E-state index in [1.54, 1.807) is 4.99 Å². The minimum Gasteiger partial charge on any atom is -0.822 e. The fraction of sp³-hybridized carbons (Fsp3) is 0. The summed E-state index contributed by atoms with van der Waals surface area (Å²) in [6.07, 6.45) is 0. The van der Waals surface area contributed by atoms with E-state index < -0.39 is 23.5 Å². The molecule has 0 rings (SSSR count). The highest BCUT2D eigenvalue weighted by Crippen LogP contribution is 2.04. The van der Waals surface area contributed by atoms with Crippen molar-refractivity contribution in [1.82, 2.24) is 0 Å². The van der Waals surface area contributed by atoms with Gasteiger partial charge in [-0.25, -0.2) is 0 Å². The Bertz CT molecular complexity index is 248. The highest BCUT2D eigenvalue weighted by molar-refractivity contribution is 9.11. The fourth-order valence-corrected chi connectivity index (χ4v) is 0. The molecule has 0 atom stereocenters. The molecule has 0 fully saturated rings. The number of hydrogen-bond acceptors (Lipinski definition) is 12. The van der Waals surface area contributed by atoms with E-state index in [1.807, 2.05) is 0 Å². The summed E-state index contributed by atoms with van der Waals surface area (Å²) < 4.78 is 25.6. The molecule has 16 heteroatoms. The van der Waals surface area contributed by atoms with Crippen LogP contribution in [0.1, 0.15) is 0 Å². The van der Waals surface area contributed by atoms with Crippen LogP contribution in [0.2, 0.25) is 0 Å². The van der Waals surface area contributed by atoms with Gasteiger partial charge in [-0.2, -0.15) is 23.5 Å². The van der Waals surface area contributed by atoms with Gasteiger partial charge in [-0.05, 0) is 4.99 Å². The molecule has 0 spiro atoms. The topological polar surface area (TPSA) is 259 Å². The Balaban J connectivity index is -0.0000000739. The van der Waals surface area contributed by atoms with Crippen molar-refractivity contribution < 1.29 is 57.7 Å². The molecule has 0 aliphatic carbocycles. The molecule has 0 N–H and O–H groups in total. The molecule has 114 valence electrons. The molecular weight excluding hydrogens is 389 g/mol. The van der Waals surface area contributed by atoms with Gasteiger partial charge in [-0.1, -0.05) is 22.5 Å². The summed E-state index contributed by atoms with van der Waals surface area (Å²) in [6.45, 7) is 3.28. The van der Waals surface area contributed by atoms with Crippen LogP contribution in [0.15, 0.2) is 11.6 Å². The van der Waals surface area contributed by atoms with Crippen LogP contribution in [-0.2, 0) is 13.7 Å². The predicted molar refractivity (Wildman–Crippen MR) is 41.9 cm³/mol. The third-order valence-electron chi connectivity index (χ3n) is 0. The van der Waals surface area contributed by atoms with E-state index in [9.17, 15) is 0 Å². The standard InChI is InChI=1S/C2H3Br.3H3O4P/c1-2-3;3*1-5(2,3)4/h2H,1H2;3*(H3,1,2,3,4)/p-9. The quantitative estimate of drug-likeness (QED) is 0.348. The van der Waals surface area contributed by atoms with E-state index in [2.05, 4.69) is 22.5 Å². The van der Waals surface area contributed by atoms with Crippen molar-refractivity contribution in [3.05, 3.63) is 11.6 Å². The van der Waals surface area contributed by atoms with Gasteiger partial charge < -0.3 is 57.7 Å². The molecule has 0 aliphatic heterocycles. The summed E-state index contributed by atoms with van der Waals surface area (Å²) in [6, 6.07) is 0. The normalized spacial score (nSPS) is 10.6. The van der Waals surface area contributed by atoms with Crippen molar-refractivity contribution in [2.75, 3.05) is 0 Å². The molecule has 0 aromatic rings. The number of hydrogen-bond donors (Lipinski definition) is 0. The first-order valence-electron chi connectivity index (χ1n) is 2.82. The molecule has 0 bridgehead atoms. The third kappa shape index (κ3) is 13200. The van der Waals surface area contributed by atoms with Gasteiger partial charge in [0.25, 0.3) is 0 Å². The van der Waals surface area contributed by atoms with Crippen LogP contribution in [0.4, 0.5) is 0 Å². The molecule has 0 amide bonds. The molecule has 12 nitrogen and oxygen atoms in total. The molecule has 0 aromatic heterocycles. The third-order valence-corrected chi connectivity index (χ3v) is 0. The first kappa shape index (κ1) is 27.0. The lowest BCUT2D eigenvalue weighted by Crippen LogP contribution is -2.24. The van der Waals surface area contributed by atoms with E-state index in [1.165, 1.54) is 0 Å². The molecule has 0 saturated heterocycles. The first-order chi connectivity index (χ1) is 7.41. The lowest BCUT2D eigenvalue weighted by molar-refractivity contribution is -0.434. The second-order valence-corrected chi connectivity index (χ2v) is 4.83. The van der Waals surface area contributed by atoms with Crippen molar-refractivity contribution in [3.63, 3.8) is 0 Å². The molecule has 0 aliphatic rings. The maximum Gasteiger partial charge on any atom is -0.0261 e. The minimum absolute atomic E-state index is 1.56. The highest BCUT2D eigenvalue weighted by atomic mass is 79.9. The number of rotatable bonds is 0. The van der Waals surface area contributed by atoms with Crippen molar-refractivity contribution in [1.29, 1.82) is 0 Å². The monoisotopic (exact) mass is 391 g/mol. The fourth-order valence-electron chi connectivity index (χ4n) is 0. The summed E-state index contributed by atoms with van der Waals surface area (Å²) >= 11 is 2.91. The highest BCUT2D eigenvalue weighted by Gasteiger charge is 1.45. The van der Waals surface area contributed by atoms with E-state index >= 15 is 0 Å². The van der Waals surface area contributed by atoms with Crippen LogP contribution < -0.4 is 44.0 Å². The summed E-state index contributed by atoms with van der Waals surface area (Å²) in [5.41, 5.74) is 0. The zero-order valence-corrected chi connectivity index (χ0v) is 12.2. The van der Waals surface area contributed by atoms with Gasteiger partial charge in [0.15, 0.2) is 0 Å². The number of phosphoric acid groups is 3. The maximum absolute atomic E-state index is 8.55. The van der Waals surface area contributed by atoms with Gasteiger partial charge in [-0.15, -0.1) is 0 Å². The van der Waals surface area contributed by atoms with Crippen LogP contribution in [0, 0.1) is 0 Å². The lowest BCUT2D eigenvalue weighted by Gasteiger charge is -2.36. The van der Waals surface area contributed by atoms with Crippen LogP contribution >= 0.6 is 39.4 Å². The largest absolute Gasteiger partial charge is 0.822 e. The number of halogens is 1. The SMILES string of the molecule is C=CBr.O=P([O-])([O-])[O-].O=P([O-])([O-])[O-].O=P([O-])([O-])[O-]. The Kier molecular flexibility index (Phi) is 18.9. The predicted octanol–water partition coefficient (Wildman–Crippen LogP) is -6.95. The molecule has 0 unspecified atom stereocenters. The maximum atomic E-state index is 8.55. The summed E-state index contributed by atoms with van der Waals surface area (Å²) in [5, 5.41) is 0. The summed E-state index contributed by atoms with van der Waals surface area (Å²) in [5.74, 6) is 0. The molecule has 0 aromatic carbocycles. The van der Waals surface area contributed by atoms with Crippen molar-refractivity contribution in [3.8, 4) is 0 Å². The van der Waals surface area contributed by atoms with Crippen molar-refractivity contribution in [2.24, 2.45) is 0 Å². The summed E-state index contributed by atoms with van der Waals surface area (Å²) in [7, 11) is -16.2. The second kappa shape index (κ2) is 12.6. The van der Waals surface area contributed by atoms with Crippen LogP contribution in [0.5, 0.6) is 0 Å². The van der Waals surface area contributed by atoms with Crippen molar-refractivity contribution >= 4 is 39.4 Å². The lowest BCUT2D eigenvalue weighted by atomic mass is 11.3. The average Bonchev–Trinajstić information content (AvgIpc) is 1.71. The Labute approximate surface area is 109 Å². The van der Waals surface area contributed by atoms with Gasteiger partial charge in [0.2, 0.25) is 0 Å². The minimum atomic E-state index is -5.39. The van der Waals surface area contributed by atoms with E-state index in [0.717, 1.165) is 0 Å². The zero-order valence-electron chi connectivity index (χ0n) is 7.90. The van der Waals surface area contributed by atoms with Crippen LogP contribution in [0.3, 0.4) is 0 Å². The van der Waals surface area contributed by atoms with E-state index in [4.69, 9.17) is 57.7 Å². The Hall–Kier alpha value is 0.550. The van der Waals surface area contributed by atoms with Gasteiger partial charge >= 0.3 is 0 Å². The van der Waals surface area contributed by atoms with Crippen molar-refractivity contribution in [2.45, 2.75) is 0 Å². The van der Waals surface area contributed by atoms with E-state index in [-0.39, 0.29) is 0 Å². The Morgan fingerprint density at radius 2 is 0.667 bits per heavy atom. The zero-order chi connectivity index (χ0) is 16.2. The van der Waals surface area contributed by atoms with Gasteiger partial charge in [0, 0.05) is 0 Å². The Morgan fingerprint density at radius 3 is 0.667 bits per heavy atom. The molecule has 0 saturated carbocycles. The molecule has 0 radical (unpaired) electrons.